The Morgan fingerprint density at radius 3 is 3.12 bits per heavy atom. The molecule has 2 N–H and O–H groups in total. The lowest BCUT2D eigenvalue weighted by Crippen LogP contribution is -2.50. The lowest BCUT2D eigenvalue weighted by molar-refractivity contribution is -0.0565. The molecule has 0 amide bonds. The standard InChI is InChI=1S/C12H21N3O/c1-12(14,9-13)5-6-15-7-8-16-11-4-2-3-10(11)15/h10-11H,2-8,14H2,1H3. The lowest BCUT2D eigenvalue weighted by Gasteiger charge is -2.38. The summed E-state index contributed by atoms with van der Waals surface area (Å²) >= 11 is 0. The number of rotatable bonds is 3. The van der Waals surface area contributed by atoms with Crippen LogP contribution in [-0.2, 0) is 4.74 Å². The van der Waals surface area contributed by atoms with Crippen molar-refractivity contribution in [2.75, 3.05) is 19.7 Å². The molecule has 1 heterocycles. The van der Waals surface area contributed by atoms with Crippen molar-refractivity contribution < 1.29 is 4.74 Å². The Kier molecular flexibility index (Phi) is 3.48. The van der Waals surface area contributed by atoms with Crippen LogP contribution < -0.4 is 5.73 Å². The largest absolute Gasteiger partial charge is 0.375 e. The highest BCUT2D eigenvalue weighted by molar-refractivity contribution is 5.02. The van der Waals surface area contributed by atoms with Gasteiger partial charge < -0.3 is 10.5 Å². The highest BCUT2D eigenvalue weighted by Gasteiger charge is 2.36. The number of nitrogens with zero attached hydrogens (tertiary/aromatic N) is 2. The molecule has 16 heavy (non-hydrogen) atoms. The van der Waals surface area contributed by atoms with E-state index in [0.29, 0.717) is 12.1 Å². The SMILES string of the molecule is CC(N)(C#N)CCN1CCOC2CCCC21. The van der Waals surface area contributed by atoms with Crippen LogP contribution >= 0.6 is 0 Å². The second-order valence-corrected chi connectivity index (χ2v) is 5.22. The normalized spacial score (nSPS) is 34.1. The van der Waals surface area contributed by atoms with Gasteiger partial charge in [-0.05, 0) is 32.6 Å². The van der Waals surface area contributed by atoms with Crippen LogP contribution in [0, 0.1) is 11.3 Å². The fourth-order valence-electron chi connectivity index (χ4n) is 2.72. The van der Waals surface area contributed by atoms with Crippen molar-refractivity contribution in [3.8, 4) is 6.07 Å². The quantitative estimate of drug-likeness (QED) is 0.771. The molecule has 90 valence electrons. The van der Waals surface area contributed by atoms with Gasteiger partial charge in [-0.1, -0.05) is 0 Å². The molecular weight excluding hydrogens is 202 g/mol. The van der Waals surface area contributed by atoms with E-state index in [4.69, 9.17) is 15.7 Å². The summed E-state index contributed by atoms with van der Waals surface area (Å²) in [6.07, 6.45) is 4.87. The first-order valence-corrected chi connectivity index (χ1v) is 6.18. The van der Waals surface area contributed by atoms with Crippen molar-refractivity contribution in [3.63, 3.8) is 0 Å². The predicted molar refractivity (Wildman–Crippen MR) is 61.8 cm³/mol. The molecule has 2 aliphatic rings. The van der Waals surface area contributed by atoms with Crippen LogP contribution in [0.5, 0.6) is 0 Å². The van der Waals surface area contributed by atoms with Gasteiger partial charge in [-0.3, -0.25) is 4.90 Å². The second kappa shape index (κ2) is 4.70. The minimum atomic E-state index is -0.688. The summed E-state index contributed by atoms with van der Waals surface area (Å²) in [5.74, 6) is 0. The smallest absolute Gasteiger partial charge is 0.102 e. The Morgan fingerprint density at radius 2 is 2.38 bits per heavy atom. The predicted octanol–water partition coefficient (Wildman–Crippen LogP) is 0.871. The number of hydrogen-bond acceptors (Lipinski definition) is 4. The topological polar surface area (TPSA) is 62.3 Å². The maximum Gasteiger partial charge on any atom is 0.102 e. The monoisotopic (exact) mass is 223 g/mol. The molecule has 2 fully saturated rings. The Hall–Kier alpha value is -0.630. The fourth-order valence-corrected chi connectivity index (χ4v) is 2.72. The molecule has 0 spiro atoms. The van der Waals surface area contributed by atoms with Gasteiger partial charge in [-0.25, -0.2) is 0 Å². The Labute approximate surface area is 97.3 Å². The Balaban J connectivity index is 1.87. The minimum Gasteiger partial charge on any atom is -0.375 e. The van der Waals surface area contributed by atoms with E-state index in [0.717, 1.165) is 26.1 Å². The number of fused-ring (bicyclic) bond motifs is 1. The average molecular weight is 223 g/mol. The van der Waals surface area contributed by atoms with Gasteiger partial charge in [-0.2, -0.15) is 5.26 Å². The molecule has 0 radical (unpaired) electrons. The van der Waals surface area contributed by atoms with E-state index >= 15 is 0 Å². The zero-order valence-corrected chi connectivity index (χ0v) is 9.98. The number of nitrogens with two attached hydrogens (primary N) is 1. The minimum absolute atomic E-state index is 0.430. The van der Waals surface area contributed by atoms with E-state index in [-0.39, 0.29) is 0 Å². The molecule has 3 atom stereocenters. The highest BCUT2D eigenvalue weighted by Crippen LogP contribution is 2.29. The molecule has 0 aromatic heterocycles. The Bertz CT molecular complexity index is 284. The van der Waals surface area contributed by atoms with Crippen molar-refractivity contribution in [3.05, 3.63) is 0 Å². The molecule has 0 bridgehead atoms. The average Bonchev–Trinajstić information content (AvgIpc) is 2.75. The molecule has 0 aromatic rings. The first-order chi connectivity index (χ1) is 7.62. The van der Waals surface area contributed by atoms with E-state index in [9.17, 15) is 0 Å². The first-order valence-electron chi connectivity index (χ1n) is 6.18. The summed E-state index contributed by atoms with van der Waals surface area (Å²) in [7, 11) is 0. The van der Waals surface area contributed by atoms with Gasteiger partial charge in [0.1, 0.15) is 5.54 Å². The van der Waals surface area contributed by atoms with Crippen LogP contribution in [0.3, 0.4) is 0 Å². The van der Waals surface area contributed by atoms with Crippen LogP contribution in [0.2, 0.25) is 0 Å². The highest BCUT2D eigenvalue weighted by atomic mass is 16.5. The number of ether oxygens (including phenoxy) is 1. The summed E-state index contributed by atoms with van der Waals surface area (Å²) in [5.41, 5.74) is 5.16. The van der Waals surface area contributed by atoms with Gasteiger partial charge >= 0.3 is 0 Å². The van der Waals surface area contributed by atoms with Gasteiger partial charge in [-0.15, -0.1) is 0 Å². The number of nitriles is 1. The maximum atomic E-state index is 8.89. The van der Waals surface area contributed by atoms with Crippen molar-refractivity contribution in [2.24, 2.45) is 5.73 Å². The summed E-state index contributed by atoms with van der Waals surface area (Å²) in [5, 5.41) is 8.89. The summed E-state index contributed by atoms with van der Waals surface area (Å²) in [4.78, 5) is 2.46. The van der Waals surface area contributed by atoms with E-state index in [2.05, 4.69) is 11.0 Å². The van der Waals surface area contributed by atoms with E-state index < -0.39 is 5.54 Å². The Morgan fingerprint density at radius 1 is 1.56 bits per heavy atom. The van der Waals surface area contributed by atoms with Gasteiger partial charge in [0.15, 0.2) is 0 Å². The summed E-state index contributed by atoms with van der Waals surface area (Å²) in [6.45, 7) is 4.54. The van der Waals surface area contributed by atoms with E-state index in [1.54, 1.807) is 6.92 Å². The van der Waals surface area contributed by atoms with Gasteiger partial charge in [0, 0.05) is 19.1 Å². The maximum absolute atomic E-state index is 8.89. The van der Waals surface area contributed by atoms with Crippen LogP contribution in [0.1, 0.15) is 32.6 Å². The van der Waals surface area contributed by atoms with Crippen LogP contribution in [0.25, 0.3) is 0 Å². The zero-order chi connectivity index (χ0) is 11.6. The third kappa shape index (κ3) is 2.54. The molecule has 1 aliphatic heterocycles. The molecule has 4 nitrogen and oxygen atoms in total. The molecule has 1 saturated heterocycles. The van der Waals surface area contributed by atoms with Crippen molar-refractivity contribution in [1.29, 1.82) is 5.26 Å². The third-order valence-corrected chi connectivity index (χ3v) is 3.77. The number of hydrogen-bond donors (Lipinski definition) is 1. The van der Waals surface area contributed by atoms with Crippen LogP contribution in [-0.4, -0.2) is 42.3 Å². The first kappa shape index (κ1) is 11.8. The molecule has 2 rings (SSSR count). The summed E-state index contributed by atoms with van der Waals surface area (Å²) < 4.78 is 5.75. The van der Waals surface area contributed by atoms with Crippen LogP contribution in [0.15, 0.2) is 0 Å². The van der Waals surface area contributed by atoms with Gasteiger partial charge in [0.2, 0.25) is 0 Å². The zero-order valence-electron chi connectivity index (χ0n) is 9.98. The van der Waals surface area contributed by atoms with Crippen molar-refractivity contribution >= 4 is 0 Å². The molecule has 3 unspecified atom stereocenters. The second-order valence-electron chi connectivity index (χ2n) is 5.22. The van der Waals surface area contributed by atoms with Crippen molar-refractivity contribution in [1.82, 2.24) is 4.90 Å². The van der Waals surface area contributed by atoms with Gasteiger partial charge in [0.25, 0.3) is 0 Å². The molecule has 1 saturated carbocycles. The van der Waals surface area contributed by atoms with E-state index in [1.165, 1.54) is 19.3 Å². The third-order valence-electron chi connectivity index (χ3n) is 3.77. The fraction of sp³-hybridized carbons (Fsp3) is 0.917. The summed E-state index contributed by atoms with van der Waals surface area (Å²) in [6, 6.07) is 2.73. The molecule has 1 aliphatic carbocycles. The van der Waals surface area contributed by atoms with Crippen molar-refractivity contribution in [2.45, 2.75) is 50.3 Å². The number of morpholine rings is 1. The van der Waals surface area contributed by atoms with E-state index in [1.807, 2.05) is 0 Å². The molecule has 4 heteroatoms. The van der Waals surface area contributed by atoms with Gasteiger partial charge in [0.05, 0.1) is 18.8 Å². The molecule has 0 aromatic carbocycles. The van der Waals surface area contributed by atoms with Crippen LogP contribution in [0.4, 0.5) is 0 Å². The lowest BCUT2D eigenvalue weighted by atomic mass is 10.00. The molecular formula is C12H21N3O.